The fourth-order valence-corrected chi connectivity index (χ4v) is 2.30. The lowest BCUT2D eigenvalue weighted by molar-refractivity contribution is 0.561. The van der Waals surface area contributed by atoms with E-state index in [2.05, 4.69) is 15.3 Å². The third-order valence-corrected chi connectivity index (χ3v) is 3.25. The van der Waals surface area contributed by atoms with Crippen LogP contribution >= 0.6 is 12.4 Å². The first kappa shape index (κ1) is 13.2. The first-order valence-electron chi connectivity index (χ1n) is 5.94. The van der Waals surface area contributed by atoms with Gasteiger partial charge in [0, 0.05) is 18.0 Å². The first-order valence-corrected chi connectivity index (χ1v) is 5.94. The molecule has 0 aliphatic carbocycles. The zero-order valence-electron chi connectivity index (χ0n) is 9.90. The predicted molar refractivity (Wildman–Crippen MR) is 71.4 cm³/mol. The van der Waals surface area contributed by atoms with Crippen molar-refractivity contribution in [2.75, 3.05) is 13.1 Å². The summed E-state index contributed by atoms with van der Waals surface area (Å²) in [6.45, 7) is 2.07. The molecule has 3 nitrogen and oxygen atoms in total. The highest BCUT2D eigenvalue weighted by Gasteiger charge is 2.16. The second-order valence-electron chi connectivity index (χ2n) is 4.53. The topological polar surface area (TPSA) is 37.8 Å². The Hall–Kier alpha value is -1.26. The molecule has 96 valence electrons. The predicted octanol–water partition coefficient (Wildman–Crippen LogP) is 2.34. The number of halogens is 2. The SMILES string of the molecule is Cl.Fc1cccc2cnc(C[C@@H]3CCNC3)nc12. The van der Waals surface area contributed by atoms with Gasteiger partial charge in [0.25, 0.3) is 0 Å². The van der Waals surface area contributed by atoms with E-state index in [0.717, 1.165) is 37.1 Å². The molecule has 0 radical (unpaired) electrons. The van der Waals surface area contributed by atoms with Gasteiger partial charge in [-0.15, -0.1) is 12.4 Å². The molecule has 5 heteroatoms. The molecule has 0 unspecified atom stereocenters. The van der Waals surface area contributed by atoms with Crippen LogP contribution < -0.4 is 5.32 Å². The average molecular weight is 268 g/mol. The molecule has 1 aromatic heterocycles. The van der Waals surface area contributed by atoms with E-state index in [0.29, 0.717) is 11.4 Å². The number of benzene rings is 1. The molecule has 1 fully saturated rings. The smallest absolute Gasteiger partial charge is 0.149 e. The van der Waals surface area contributed by atoms with Crippen molar-refractivity contribution in [3.05, 3.63) is 36.0 Å². The molecule has 0 spiro atoms. The first-order chi connectivity index (χ1) is 8.33. The lowest BCUT2D eigenvalue weighted by Gasteiger charge is -2.07. The van der Waals surface area contributed by atoms with E-state index >= 15 is 0 Å². The monoisotopic (exact) mass is 267 g/mol. The van der Waals surface area contributed by atoms with Crippen molar-refractivity contribution in [2.24, 2.45) is 5.92 Å². The molecule has 1 aromatic carbocycles. The van der Waals surface area contributed by atoms with Crippen LogP contribution in [0.2, 0.25) is 0 Å². The molecule has 3 rings (SSSR count). The van der Waals surface area contributed by atoms with E-state index in [1.807, 2.05) is 6.07 Å². The van der Waals surface area contributed by atoms with E-state index in [1.165, 1.54) is 6.07 Å². The zero-order chi connectivity index (χ0) is 11.7. The summed E-state index contributed by atoms with van der Waals surface area (Å²) in [6, 6.07) is 4.96. The number of fused-ring (bicyclic) bond motifs is 1. The Labute approximate surface area is 111 Å². The third-order valence-electron chi connectivity index (χ3n) is 3.25. The maximum atomic E-state index is 13.6. The summed E-state index contributed by atoms with van der Waals surface area (Å²) < 4.78 is 13.6. The fourth-order valence-electron chi connectivity index (χ4n) is 2.30. The second kappa shape index (κ2) is 5.59. The molecule has 1 aliphatic heterocycles. The van der Waals surface area contributed by atoms with E-state index in [-0.39, 0.29) is 18.2 Å². The van der Waals surface area contributed by atoms with E-state index in [4.69, 9.17) is 0 Å². The summed E-state index contributed by atoms with van der Waals surface area (Å²) in [5.74, 6) is 1.06. The summed E-state index contributed by atoms with van der Waals surface area (Å²) in [7, 11) is 0. The number of hydrogen-bond acceptors (Lipinski definition) is 3. The molecular formula is C13H15ClFN3. The van der Waals surface area contributed by atoms with Gasteiger partial charge in [0.05, 0.1) is 0 Å². The van der Waals surface area contributed by atoms with Crippen LogP contribution in [0.3, 0.4) is 0 Å². The van der Waals surface area contributed by atoms with Gasteiger partial charge >= 0.3 is 0 Å². The van der Waals surface area contributed by atoms with Crippen molar-refractivity contribution in [3.8, 4) is 0 Å². The van der Waals surface area contributed by atoms with Crippen LogP contribution in [0.15, 0.2) is 24.4 Å². The van der Waals surface area contributed by atoms with Crippen molar-refractivity contribution in [3.63, 3.8) is 0 Å². The minimum Gasteiger partial charge on any atom is -0.316 e. The Morgan fingerprint density at radius 3 is 3.06 bits per heavy atom. The molecule has 2 aromatic rings. The van der Waals surface area contributed by atoms with Crippen LogP contribution in [0.25, 0.3) is 10.9 Å². The summed E-state index contributed by atoms with van der Waals surface area (Å²) in [5.41, 5.74) is 0.434. The quantitative estimate of drug-likeness (QED) is 0.908. The average Bonchev–Trinajstić information content (AvgIpc) is 2.83. The maximum Gasteiger partial charge on any atom is 0.149 e. The molecule has 0 saturated carbocycles. The number of hydrogen-bond donors (Lipinski definition) is 1. The van der Waals surface area contributed by atoms with Crippen LogP contribution in [0, 0.1) is 11.7 Å². The lowest BCUT2D eigenvalue weighted by Crippen LogP contribution is -2.12. The van der Waals surface area contributed by atoms with Crippen LogP contribution in [0.4, 0.5) is 4.39 Å². The van der Waals surface area contributed by atoms with Crippen LogP contribution in [0.1, 0.15) is 12.2 Å². The van der Waals surface area contributed by atoms with E-state index < -0.39 is 0 Å². The molecule has 0 bridgehead atoms. The molecule has 18 heavy (non-hydrogen) atoms. The highest BCUT2D eigenvalue weighted by Crippen LogP contribution is 2.17. The Balaban J connectivity index is 0.00000120. The summed E-state index contributed by atoms with van der Waals surface area (Å²) >= 11 is 0. The van der Waals surface area contributed by atoms with Gasteiger partial charge in [0.15, 0.2) is 0 Å². The standard InChI is InChI=1S/C13H14FN3.ClH/c14-11-3-1-2-10-8-16-12(17-13(10)11)6-9-4-5-15-7-9;/h1-3,8-9,15H,4-7H2;1H/t9-;/m0./s1. The lowest BCUT2D eigenvalue weighted by atomic mass is 10.0. The van der Waals surface area contributed by atoms with Gasteiger partial charge in [-0.3, -0.25) is 0 Å². The Morgan fingerprint density at radius 2 is 2.28 bits per heavy atom. The van der Waals surface area contributed by atoms with Gasteiger partial charge in [-0.25, -0.2) is 14.4 Å². The van der Waals surface area contributed by atoms with E-state index in [9.17, 15) is 4.39 Å². The molecule has 0 amide bonds. The molecular weight excluding hydrogens is 253 g/mol. The van der Waals surface area contributed by atoms with Gasteiger partial charge in [-0.2, -0.15) is 0 Å². The summed E-state index contributed by atoms with van der Waals surface area (Å²) in [6.07, 6.45) is 3.69. The number of rotatable bonds is 2. The van der Waals surface area contributed by atoms with Gasteiger partial charge in [0.1, 0.15) is 17.2 Å². The molecule has 1 N–H and O–H groups in total. The van der Waals surface area contributed by atoms with Crippen LogP contribution in [0.5, 0.6) is 0 Å². The fraction of sp³-hybridized carbons (Fsp3) is 0.385. The maximum absolute atomic E-state index is 13.6. The van der Waals surface area contributed by atoms with Crippen molar-refractivity contribution in [1.82, 2.24) is 15.3 Å². The molecule has 1 atom stereocenters. The molecule has 1 aliphatic rings. The van der Waals surface area contributed by atoms with Gasteiger partial charge < -0.3 is 5.32 Å². The van der Waals surface area contributed by atoms with Crippen LogP contribution in [-0.4, -0.2) is 23.1 Å². The third kappa shape index (κ3) is 2.60. The minimum atomic E-state index is -0.268. The Morgan fingerprint density at radius 1 is 1.39 bits per heavy atom. The van der Waals surface area contributed by atoms with Crippen molar-refractivity contribution < 1.29 is 4.39 Å². The number of aromatic nitrogens is 2. The largest absolute Gasteiger partial charge is 0.316 e. The normalized spacial score (nSPS) is 18.8. The summed E-state index contributed by atoms with van der Waals surface area (Å²) in [4.78, 5) is 8.63. The van der Waals surface area contributed by atoms with Crippen molar-refractivity contribution in [2.45, 2.75) is 12.8 Å². The van der Waals surface area contributed by atoms with Crippen molar-refractivity contribution >= 4 is 23.3 Å². The van der Waals surface area contributed by atoms with Crippen molar-refractivity contribution in [1.29, 1.82) is 0 Å². The van der Waals surface area contributed by atoms with Gasteiger partial charge in [-0.1, -0.05) is 12.1 Å². The second-order valence-corrected chi connectivity index (χ2v) is 4.53. The van der Waals surface area contributed by atoms with Gasteiger partial charge in [0.2, 0.25) is 0 Å². The molecule has 2 heterocycles. The minimum absolute atomic E-state index is 0. The highest BCUT2D eigenvalue weighted by molar-refractivity contribution is 5.85. The molecule has 1 saturated heterocycles. The van der Waals surface area contributed by atoms with Crippen LogP contribution in [-0.2, 0) is 6.42 Å². The van der Waals surface area contributed by atoms with Gasteiger partial charge in [-0.05, 0) is 31.5 Å². The number of nitrogens with zero attached hydrogens (tertiary/aromatic N) is 2. The Bertz CT molecular complexity index is 541. The Kier molecular flexibility index (Phi) is 4.09. The zero-order valence-corrected chi connectivity index (χ0v) is 10.7. The summed E-state index contributed by atoms with van der Waals surface area (Å²) in [5, 5.41) is 4.07. The highest BCUT2D eigenvalue weighted by atomic mass is 35.5. The van der Waals surface area contributed by atoms with E-state index in [1.54, 1.807) is 12.3 Å². The number of para-hydroxylation sites is 1. The number of nitrogens with one attached hydrogen (secondary N) is 1.